The van der Waals surface area contributed by atoms with E-state index in [0.29, 0.717) is 18.2 Å². The second-order valence-corrected chi connectivity index (χ2v) is 6.45. The lowest BCUT2D eigenvalue weighted by Gasteiger charge is -2.11. The van der Waals surface area contributed by atoms with Crippen molar-refractivity contribution in [1.29, 1.82) is 0 Å². The second kappa shape index (κ2) is 7.91. The van der Waals surface area contributed by atoms with Gasteiger partial charge in [-0.25, -0.2) is 5.10 Å². The molecule has 2 aromatic heterocycles. The zero-order valence-electron chi connectivity index (χ0n) is 15.3. The Hall–Kier alpha value is -3.68. The van der Waals surface area contributed by atoms with Crippen LogP contribution in [0.4, 0.5) is 0 Å². The Morgan fingerprint density at radius 2 is 1.96 bits per heavy atom. The number of nitrogens with one attached hydrogen (secondary N) is 1. The van der Waals surface area contributed by atoms with Gasteiger partial charge in [-0.3, -0.25) is 0 Å². The third kappa shape index (κ3) is 4.01. The maximum Gasteiger partial charge on any atom is 0.252 e. The molecule has 0 saturated heterocycles. The molecule has 4 aromatic rings. The molecular formula is C20H19N5O3. The highest BCUT2D eigenvalue weighted by Gasteiger charge is 2.10. The first-order valence-corrected chi connectivity index (χ1v) is 8.91. The summed E-state index contributed by atoms with van der Waals surface area (Å²) in [6.45, 7) is 2.60. The predicted octanol–water partition coefficient (Wildman–Crippen LogP) is 3.55. The molecule has 2 heterocycles. The van der Waals surface area contributed by atoms with Crippen molar-refractivity contribution in [2.45, 2.75) is 19.8 Å². The molecule has 2 N–H and O–H groups in total. The van der Waals surface area contributed by atoms with Gasteiger partial charge in [0.25, 0.3) is 5.88 Å². The topological polar surface area (TPSA) is 110 Å². The fourth-order valence-corrected chi connectivity index (χ4v) is 2.91. The summed E-state index contributed by atoms with van der Waals surface area (Å²) < 4.78 is 11.0. The van der Waals surface area contributed by atoms with Gasteiger partial charge in [0.1, 0.15) is 5.75 Å². The number of hydrogen-bond donors (Lipinski definition) is 2. The van der Waals surface area contributed by atoms with Crippen LogP contribution in [0, 0.1) is 6.92 Å². The molecule has 0 amide bonds. The highest BCUT2D eigenvalue weighted by molar-refractivity contribution is 5.64. The molecule has 2 aromatic carbocycles. The second-order valence-electron chi connectivity index (χ2n) is 6.45. The molecule has 0 spiro atoms. The zero-order valence-corrected chi connectivity index (χ0v) is 15.3. The number of H-pyrrole nitrogens is 1. The maximum atomic E-state index is 9.27. The molecule has 142 valence electrons. The number of nitrogens with zero attached hydrogens (tertiary/aromatic N) is 4. The van der Waals surface area contributed by atoms with E-state index in [4.69, 9.17) is 9.26 Å². The van der Waals surface area contributed by atoms with Crippen molar-refractivity contribution >= 4 is 0 Å². The van der Waals surface area contributed by atoms with Gasteiger partial charge in [0.15, 0.2) is 11.6 Å². The molecule has 0 saturated carbocycles. The van der Waals surface area contributed by atoms with Gasteiger partial charge >= 0.3 is 0 Å². The number of aromatic amines is 1. The van der Waals surface area contributed by atoms with E-state index in [9.17, 15) is 5.11 Å². The van der Waals surface area contributed by atoms with Gasteiger partial charge in [0.05, 0.1) is 12.2 Å². The molecule has 4 rings (SSSR count). The highest BCUT2D eigenvalue weighted by Crippen LogP contribution is 2.28. The van der Waals surface area contributed by atoms with Gasteiger partial charge in [0, 0.05) is 11.6 Å². The monoisotopic (exact) mass is 377 g/mol. The summed E-state index contributed by atoms with van der Waals surface area (Å²) in [6, 6.07) is 15.4. The van der Waals surface area contributed by atoms with E-state index >= 15 is 0 Å². The molecule has 28 heavy (non-hydrogen) atoms. The van der Waals surface area contributed by atoms with Crippen LogP contribution in [-0.2, 0) is 6.42 Å². The number of rotatable bonds is 7. The SMILES string of the molecule is Cc1ccc(-c2nnn[nH]2)c(OCCCc2ccc(-c3cc(O)no3)cc2)c1. The average molecular weight is 377 g/mol. The van der Waals surface area contributed by atoms with Crippen LogP contribution in [0.2, 0.25) is 0 Å². The van der Waals surface area contributed by atoms with E-state index in [1.807, 2.05) is 49.4 Å². The van der Waals surface area contributed by atoms with E-state index in [0.717, 1.165) is 35.3 Å². The van der Waals surface area contributed by atoms with Crippen molar-refractivity contribution in [1.82, 2.24) is 25.8 Å². The number of aromatic nitrogens is 5. The van der Waals surface area contributed by atoms with Crippen molar-refractivity contribution in [3.05, 3.63) is 59.7 Å². The number of hydrogen-bond acceptors (Lipinski definition) is 7. The fourth-order valence-electron chi connectivity index (χ4n) is 2.91. The van der Waals surface area contributed by atoms with Crippen LogP contribution < -0.4 is 4.74 Å². The molecule has 0 aliphatic carbocycles. The van der Waals surface area contributed by atoms with Crippen LogP contribution in [0.3, 0.4) is 0 Å². The normalized spacial score (nSPS) is 10.9. The average Bonchev–Trinajstić information content (AvgIpc) is 3.38. The lowest BCUT2D eigenvalue weighted by atomic mass is 10.1. The number of aromatic hydroxyl groups is 1. The Labute approximate surface area is 161 Å². The third-order valence-electron chi connectivity index (χ3n) is 4.34. The minimum absolute atomic E-state index is 0.118. The van der Waals surface area contributed by atoms with Gasteiger partial charge < -0.3 is 14.4 Å². The summed E-state index contributed by atoms with van der Waals surface area (Å²) in [6.07, 6.45) is 1.75. The number of benzene rings is 2. The van der Waals surface area contributed by atoms with Crippen molar-refractivity contribution in [3.63, 3.8) is 0 Å². The standard InChI is InChI=1S/C20H19N5O3/c1-13-4-9-16(20-21-24-25-22-20)18(11-13)27-10-2-3-14-5-7-15(8-6-14)17-12-19(26)23-28-17/h4-9,11-12H,2-3,10H2,1H3,(H,23,26)(H,21,22,24,25). The van der Waals surface area contributed by atoms with E-state index in [2.05, 4.69) is 25.8 Å². The molecule has 0 unspecified atom stereocenters. The van der Waals surface area contributed by atoms with Crippen LogP contribution in [0.25, 0.3) is 22.7 Å². The van der Waals surface area contributed by atoms with E-state index in [1.54, 1.807) is 0 Å². The lowest BCUT2D eigenvalue weighted by Crippen LogP contribution is -2.01. The van der Waals surface area contributed by atoms with E-state index in [1.165, 1.54) is 11.6 Å². The first kappa shape index (κ1) is 17.7. The van der Waals surface area contributed by atoms with Crippen LogP contribution >= 0.6 is 0 Å². The maximum absolute atomic E-state index is 9.27. The first-order valence-electron chi connectivity index (χ1n) is 8.91. The van der Waals surface area contributed by atoms with Crippen molar-refractivity contribution in [2.75, 3.05) is 6.61 Å². The van der Waals surface area contributed by atoms with E-state index in [-0.39, 0.29) is 5.88 Å². The zero-order chi connectivity index (χ0) is 19.3. The van der Waals surface area contributed by atoms with Crippen LogP contribution in [0.15, 0.2) is 53.1 Å². The summed E-state index contributed by atoms with van der Waals surface area (Å²) >= 11 is 0. The fraction of sp³-hybridized carbons (Fsp3) is 0.200. The van der Waals surface area contributed by atoms with Gasteiger partial charge in [0.2, 0.25) is 0 Å². The lowest BCUT2D eigenvalue weighted by molar-refractivity contribution is 0.312. The van der Waals surface area contributed by atoms with Gasteiger partial charge in [-0.2, -0.15) is 0 Å². The molecule has 0 aliphatic rings. The van der Waals surface area contributed by atoms with Crippen molar-refractivity contribution in [3.8, 4) is 34.3 Å². The van der Waals surface area contributed by atoms with Crippen LogP contribution in [0.5, 0.6) is 11.6 Å². The summed E-state index contributed by atoms with van der Waals surface area (Å²) in [7, 11) is 0. The Morgan fingerprint density at radius 3 is 2.68 bits per heavy atom. The highest BCUT2D eigenvalue weighted by atomic mass is 16.5. The predicted molar refractivity (Wildman–Crippen MR) is 102 cm³/mol. The first-order chi connectivity index (χ1) is 13.7. The molecule has 8 heteroatoms. The van der Waals surface area contributed by atoms with Crippen molar-refractivity contribution in [2.24, 2.45) is 0 Å². The summed E-state index contributed by atoms with van der Waals surface area (Å²) in [4.78, 5) is 0. The molecule has 0 bridgehead atoms. The van der Waals surface area contributed by atoms with Crippen molar-refractivity contribution < 1.29 is 14.4 Å². The number of tetrazole rings is 1. The summed E-state index contributed by atoms with van der Waals surface area (Å²) in [5.41, 5.74) is 4.02. The molecule has 8 nitrogen and oxygen atoms in total. The van der Waals surface area contributed by atoms with Gasteiger partial charge in [-0.05, 0) is 58.6 Å². The minimum Gasteiger partial charge on any atom is -0.493 e. The Bertz CT molecular complexity index is 1040. The Balaban J connectivity index is 1.34. The molecule has 0 aliphatic heterocycles. The number of ether oxygens (including phenoxy) is 1. The largest absolute Gasteiger partial charge is 0.493 e. The number of aryl methyl sites for hydroxylation is 2. The van der Waals surface area contributed by atoms with E-state index < -0.39 is 0 Å². The minimum atomic E-state index is -0.118. The molecule has 0 radical (unpaired) electrons. The van der Waals surface area contributed by atoms with Crippen LogP contribution in [-0.4, -0.2) is 37.5 Å². The third-order valence-corrected chi connectivity index (χ3v) is 4.34. The smallest absolute Gasteiger partial charge is 0.252 e. The Morgan fingerprint density at radius 1 is 1.11 bits per heavy atom. The summed E-state index contributed by atoms with van der Waals surface area (Å²) in [5, 5.41) is 26.7. The molecule has 0 fully saturated rings. The van der Waals surface area contributed by atoms with Gasteiger partial charge in [-0.15, -0.1) is 5.10 Å². The summed E-state index contributed by atoms with van der Waals surface area (Å²) in [5.74, 6) is 1.78. The van der Waals surface area contributed by atoms with Crippen LogP contribution in [0.1, 0.15) is 17.5 Å². The molecule has 0 atom stereocenters. The molecular weight excluding hydrogens is 358 g/mol. The Kier molecular flexibility index (Phi) is 5.01. The van der Waals surface area contributed by atoms with Gasteiger partial charge in [-0.1, -0.05) is 30.3 Å². The quantitative estimate of drug-likeness (QED) is 0.474.